The van der Waals surface area contributed by atoms with Gasteiger partial charge in [-0.2, -0.15) is 5.10 Å². The monoisotopic (exact) mass is 624 g/mol. The highest BCUT2D eigenvalue weighted by Gasteiger charge is 2.33. The molecule has 3 aromatic carbocycles. The topological polar surface area (TPSA) is 121 Å². The molecule has 13 heteroatoms. The van der Waals surface area contributed by atoms with E-state index in [0.29, 0.717) is 51.0 Å². The largest absolute Gasteiger partial charge is 0.493 e. The van der Waals surface area contributed by atoms with Crippen LogP contribution in [-0.4, -0.2) is 62.6 Å². The summed E-state index contributed by atoms with van der Waals surface area (Å²) in [6, 6.07) is 13.8. The number of amides is 2. The fraction of sp³-hybridized carbons (Fsp3) is 0.267. The summed E-state index contributed by atoms with van der Waals surface area (Å²) in [7, 11) is 6.12. The lowest BCUT2D eigenvalue weighted by molar-refractivity contribution is -0.130. The number of carbonyl (C=O) groups excluding carboxylic acids is 2. The molecule has 1 aliphatic heterocycles. The maximum absolute atomic E-state index is 12.7. The number of hydrazone groups is 1. The lowest BCUT2D eigenvalue weighted by Crippen LogP contribution is -2.24. The zero-order valence-corrected chi connectivity index (χ0v) is 25.7. The molecule has 11 nitrogen and oxygen atoms in total. The summed E-state index contributed by atoms with van der Waals surface area (Å²) in [6.45, 7) is 1.17. The molecular weight excluding hydrogens is 596 g/mol. The van der Waals surface area contributed by atoms with Crippen molar-refractivity contribution in [2.45, 2.75) is 19.4 Å². The van der Waals surface area contributed by atoms with Crippen molar-refractivity contribution in [2.24, 2.45) is 5.10 Å². The molecule has 0 saturated carbocycles. The van der Waals surface area contributed by atoms with Crippen LogP contribution in [0.2, 0.25) is 5.02 Å². The summed E-state index contributed by atoms with van der Waals surface area (Å²) >= 11 is 7.37. The van der Waals surface area contributed by atoms with Crippen LogP contribution in [-0.2, 0) is 9.59 Å². The van der Waals surface area contributed by atoms with Crippen LogP contribution < -0.4 is 29.0 Å². The molecule has 5 rings (SSSR count). The van der Waals surface area contributed by atoms with Crippen LogP contribution in [0.5, 0.6) is 28.7 Å². The second kappa shape index (κ2) is 12.8. The van der Waals surface area contributed by atoms with Gasteiger partial charge in [-0.1, -0.05) is 29.0 Å². The highest BCUT2D eigenvalue weighted by atomic mass is 35.5. The smallest absolute Gasteiger partial charge is 0.264 e. The Hall–Kier alpha value is -4.55. The number of halogens is 1. The van der Waals surface area contributed by atoms with E-state index in [4.69, 9.17) is 35.3 Å². The van der Waals surface area contributed by atoms with Gasteiger partial charge in [-0.15, -0.1) is 0 Å². The molecule has 0 fully saturated rings. The molecule has 0 bridgehead atoms. The van der Waals surface area contributed by atoms with E-state index in [-0.39, 0.29) is 12.5 Å². The fourth-order valence-electron chi connectivity index (χ4n) is 4.75. The summed E-state index contributed by atoms with van der Waals surface area (Å²) in [5, 5.41) is 9.85. The Morgan fingerprint density at radius 2 is 1.67 bits per heavy atom. The summed E-state index contributed by atoms with van der Waals surface area (Å²) in [5.74, 6) is 1.57. The maximum atomic E-state index is 12.7. The van der Waals surface area contributed by atoms with Crippen molar-refractivity contribution in [3.8, 4) is 28.7 Å². The molecule has 0 radical (unpaired) electrons. The third-order valence-corrected chi connectivity index (χ3v) is 7.93. The quantitative estimate of drug-likeness (QED) is 0.239. The molecule has 2 heterocycles. The van der Waals surface area contributed by atoms with Crippen LogP contribution in [0.3, 0.4) is 0 Å². The molecule has 1 aromatic heterocycles. The van der Waals surface area contributed by atoms with Crippen molar-refractivity contribution in [1.82, 2.24) is 9.99 Å². The number of nitrogens with zero attached hydrogens (tertiary/aromatic N) is 3. The third kappa shape index (κ3) is 6.30. The highest BCUT2D eigenvalue weighted by Crippen LogP contribution is 2.42. The SMILES string of the molecule is COc1ccc(C2CC(c3cc(OC)c(OC)c(OC)c3)=NN2C(C)=O)cc1OCC(=O)Nc1nc2ccc(Cl)cc2s1. The first kappa shape index (κ1) is 29.9. The van der Waals surface area contributed by atoms with Gasteiger partial charge in [-0.3, -0.25) is 14.9 Å². The summed E-state index contributed by atoms with van der Waals surface area (Å²) < 4.78 is 28.6. The van der Waals surface area contributed by atoms with Crippen LogP contribution in [0.15, 0.2) is 53.6 Å². The minimum Gasteiger partial charge on any atom is -0.493 e. The van der Waals surface area contributed by atoms with Crippen LogP contribution >= 0.6 is 22.9 Å². The van der Waals surface area contributed by atoms with E-state index < -0.39 is 11.9 Å². The van der Waals surface area contributed by atoms with Gasteiger partial charge >= 0.3 is 0 Å². The zero-order valence-electron chi connectivity index (χ0n) is 24.1. The number of anilines is 1. The van der Waals surface area contributed by atoms with E-state index in [2.05, 4.69) is 15.4 Å². The second-order valence-corrected chi connectivity index (χ2v) is 10.9. The fourth-order valence-corrected chi connectivity index (χ4v) is 5.90. The van der Waals surface area contributed by atoms with Crippen molar-refractivity contribution in [3.63, 3.8) is 0 Å². The van der Waals surface area contributed by atoms with Gasteiger partial charge in [0.1, 0.15) is 0 Å². The van der Waals surface area contributed by atoms with Gasteiger partial charge in [0.2, 0.25) is 11.7 Å². The number of benzene rings is 3. The van der Waals surface area contributed by atoms with E-state index >= 15 is 0 Å². The van der Waals surface area contributed by atoms with Crippen LogP contribution in [0, 0.1) is 0 Å². The molecule has 2 amide bonds. The van der Waals surface area contributed by atoms with E-state index in [1.165, 1.54) is 51.7 Å². The Labute approximate surface area is 256 Å². The predicted molar refractivity (Wildman–Crippen MR) is 164 cm³/mol. The second-order valence-electron chi connectivity index (χ2n) is 9.42. The number of methoxy groups -OCH3 is 4. The molecule has 4 aromatic rings. The first-order chi connectivity index (χ1) is 20.7. The molecule has 1 aliphatic rings. The average Bonchev–Trinajstić information content (AvgIpc) is 3.63. The van der Waals surface area contributed by atoms with Gasteiger partial charge in [0.25, 0.3) is 5.91 Å². The number of carbonyl (C=O) groups is 2. The number of ether oxygens (including phenoxy) is 5. The van der Waals surface area contributed by atoms with E-state index in [9.17, 15) is 9.59 Å². The minimum absolute atomic E-state index is 0.234. The number of thiazole rings is 1. The maximum Gasteiger partial charge on any atom is 0.264 e. The number of nitrogens with one attached hydrogen (secondary N) is 1. The Kier molecular flexibility index (Phi) is 8.88. The van der Waals surface area contributed by atoms with Gasteiger partial charge in [-0.25, -0.2) is 9.99 Å². The minimum atomic E-state index is -0.428. The number of hydrogen-bond donors (Lipinski definition) is 1. The number of fused-ring (bicyclic) bond motifs is 1. The molecule has 224 valence electrons. The average molecular weight is 625 g/mol. The molecule has 0 aliphatic carbocycles. The molecule has 43 heavy (non-hydrogen) atoms. The Morgan fingerprint density at radius 1 is 0.953 bits per heavy atom. The van der Waals surface area contributed by atoms with Crippen molar-refractivity contribution < 1.29 is 33.3 Å². The Morgan fingerprint density at radius 3 is 2.33 bits per heavy atom. The van der Waals surface area contributed by atoms with Crippen LogP contribution in [0.1, 0.15) is 30.5 Å². The van der Waals surface area contributed by atoms with Gasteiger partial charge < -0.3 is 23.7 Å². The van der Waals surface area contributed by atoms with Gasteiger partial charge in [0.15, 0.2) is 34.7 Å². The lowest BCUT2D eigenvalue weighted by atomic mass is 9.97. The van der Waals surface area contributed by atoms with Crippen molar-refractivity contribution in [3.05, 3.63) is 64.7 Å². The van der Waals surface area contributed by atoms with Crippen molar-refractivity contribution in [1.29, 1.82) is 0 Å². The van der Waals surface area contributed by atoms with Crippen molar-refractivity contribution in [2.75, 3.05) is 40.4 Å². The van der Waals surface area contributed by atoms with Crippen LogP contribution in [0.4, 0.5) is 5.13 Å². The van der Waals surface area contributed by atoms with Gasteiger partial charge in [0.05, 0.1) is 50.4 Å². The third-order valence-electron chi connectivity index (χ3n) is 6.76. The molecule has 1 unspecified atom stereocenters. The summed E-state index contributed by atoms with van der Waals surface area (Å²) in [4.78, 5) is 29.8. The van der Waals surface area contributed by atoms with E-state index in [1.807, 2.05) is 6.07 Å². The molecule has 1 atom stereocenters. The zero-order chi connectivity index (χ0) is 30.7. The normalized spacial score (nSPS) is 14.3. The van der Waals surface area contributed by atoms with Crippen LogP contribution in [0.25, 0.3) is 10.2 Å². The number of rotatable bonds is 10. The predicted octanol–water partition coefficient (Wildman–Crippen LogP) is 5.70. The standard InChI is InChI=1S/C30H29ClN4O7S/c1-16(36)35-22(14-21(34-35)18-11-25(39-3)29(41-5)26(12-18)40-4)17-6-9-23(38-2)24(10-17)42-15-28(37)33-30-32-20-8-7-19(31)13-27(20)43-30/h6-13,22H,14-15H2,1-5H3,(H,32,33,37). The summed E-state index contributed by atoms with van der Waals surface area (Å²) in [6.07, 6.45) is 0.409. The van der Waals surface area contributed by atoms with Crippen molar-refractivity contribution >= 4 is 55.8 Å². The summed E-state index contributed by atoms with van der Waals surface area (Å²) in [5.41, 5.74) is 2.87. The Bertz CT molecular complexity index is 1700. The lowest BCUT2D eigenvalue weighted by Gasteiger charge is -2.21. The first-order valence-electron chi connectivity index (χ1n) is 13.1. The Balaban J connectivity index is 1.35. The molecular formula is C30H29ClN4O7S. The molecule has 1 N–H and O–H groups in total. The number of aromatic nitrogens is 1. The van der Waals surface area contributed by atoms with E-state index in [1.54, 1.807) is 42.5 Å². The van der Waals surface area contributed by atoms with E-state index in [0.717, 1.165) is 21.3 Å². The highest BCUT2D eigenvalue weighted by molar-refractivity contribution is 7.22. The first-order valence-corrected chi connectivity index (χ1v) is 14.3. The van der Waals surface area contributed by atoms with Gasteiger partial charge in [0, 0.05) is 23.9 Å². The molecule has 0 saturated heterocycles. The molecule has 0 spiro atoms. The number of hydrogen-bond acceptors (Lipinski definition) is 10. The van der Waals surface area contributed by atoms with Gasteiger partial charge in [-0.05, 0) is 48.0 Å².